The smallest absolute Gasteiger partial charge is 0.200 e. The summed E-state index contributed by atoms with van der Waals surface area (Å²) in [5, 5.41) is 10.2. The van der Waals surface area contributed by atoms with Crippen LogP contribution in [-0.4, -0.2) is 21.5 Å². The minimum Gasteiger partial charge on any atom is -0.455 e. The van der Waals surface area contributed by atoms with Crippen LogP contribution in [0, 0.1) is 17.5 Å². The molecule has 0 amide bonds. The highest BCUT2D eigenvalue weighted by molar-refractivity contribution is 6.04. The minimum absolute atomic E-state index is 0.0962. The number of rotatable bonds is 4. The fourth-order valence-corrected chi connectivity index (χ4v) is 2.42. The molecule has 7 heteroatoms. The van der Waals surface area contributed by atoms with Gasteiger partial charge in [-0.2, -0.15) is 0 Å². The first kappa shape index (κ1) is 17.9. The van der Waals surface area contributed by atoms with E-state index in [0.717, 1.165) is 18.3 Å². The third-order valence-corrected chi connectivity index (χ3v) is 3.70. The number of ether oxygens (including phenoxy) is 1. The standard InChI is InChI=1S/C19H14F3NO3/c1-19(2,25)18(24)15-12(20)4-3-5-14(15)26-11-8-10-6-7-13(21)16(22)17(10)23-9-11/h3-9,25H,1-2H3. The number of carbonyl (C=O) groups excluding carboxylic acids is 1. The van der Waals surface area contributed by atoms with Crippen molar-refractivity contribution in [1.82, 2.24) is 4.98 Å². The molecule has 1 heterocycles. The Morgan fingerprint density at radius 2 is 1.85 bits per heavy atom. The molecule has 26 heavy (non-hydrogen) atoms. The van der Waals surface area contributed by atoms with Crippen molar-refractivity contribution in [1.29, 1.82) is 0 Å². The van der Waals surface area contributed by atoms with E-state index in [-0.39, 0.29) is 22.4 Å². The van der Waals surface area contributed by atoms with Gasteiger partial charge in [-0.05, 0) is 44.2 Å². The van der Waals surface area contributed by atoms with E-state index < -0.39 is 34.4 Å². The van der Waals surface area contributed by atoms with Gasteiger partial charge < -0.3 is 9.84 Å². The highest BCUT2D eigenvalue weighted by Crippen LogP contribution is 2.31. The lowest BCUT2D eigenvalue weighted by atomic mass is 9.95. The number of Topliss-reactive ketones (excluding diaryl/α,β-unsaturated/α-hetero) is 1. The van der Waals surface area contributed by atoms with E-state index in [0.29, 0.717) is 0 Å². The molecular formula is C19H14F3NO3. The summed E-state index contributed by atoms with van der Waals surface area (Å²) < 4.78 is 46.7. The lowest BCUT2D eigenvalue weighted by Gasteiger charge is -2.18. The SMILES string of the molecule is CC(C)(O)C(=O)c1c(F)cccc1Oc1cnc2c(F)c(F)ccc2c1. The van der Waals surface area contributed by atoms with Crippen molar-refractivity contribution < 1.29 is 27.8 Å². The Bertz CT molecular complexity index is 1010. The normalized spacial score (nSPS) is 11.6. The molecule has 0 atom stereocenters. The van der Waals surface area contributed by atoms with Crippen molar-refractivity contribution in [2.45, 2.75) is 19.4 Å². The molecule has 1 aromatic heterocycles. The Balaban J connectivity index is 2.05. The van der Waals surface area contributed by atoms with Gasteiger partial charge in [0.1, 0.15) is 28.4 Å². The Kier molecular flexibility index (Phi) is 4.41. The fourth-order valence-electron chi connectivity index (χ4n) is 2.42. The molecule has 0 saturated heterocycles. The number of nitrogens with zero attached hydrogens (tertiary/aromatic N) is 1. The molecular weight excluding hydrogens is 347 g/mol. The number of pyridine rings is 1. The third kappa shape index (κ3) is 3.25. The first-order valence-corrected chi connectivity index (χ1v) is 7.66. The van der Waals surface area contributed by atoms with Crippen LogP contribution in [0.15, 0.2) is 42.6 Å². The average Bonchev–Trinajstić information content (AvgIpc) is 2.57. The lowest BCUT2D eigenvalue weighted by Crippen LogP contribution is -2.32. The van der Waals surface area contributed by atoms with Crippen LogP contribution in [0.5, 0.6) is 11.5 Å². The molecule has 0 aliphatic rings. The molecule has 0 radical (unpaired) electrons. The van der Waals surface area contributed by atoms with Crippen LogP contribution in [0.4, 0.5) is 13.2 Å². The molecule has 0 saturated carbocycles. The number of aliphatic hydroxyl groups is 1. The molecule has 3 aromatic rings. The summed E-state index contributed by atoms with van der Waals surface area (Å²) in [5.74, 6) is -3.84. The maximum Gasteiger partial charge on any atom is 0.200 e. The predicted octanol–water partition coefficient (Wildman–Crippen LogP) is 4.40. The summed E-state index contributed by atoms with van der Waals surface area (Å²) >= 11 is 0. The topological polar surface area (TPSA) is 59.4 Å². The molecule has 1 N–H and O–H groups in total. The van der Waals surface area contributed by atoms with Crippen molar-refractivity contribution >= 4 is 16.7 Å². The zero-order valence-corrected chi connectivity index (χ0v) is 13.9. The molecule has 0 spiro atoms. The van der Waals surface area contributed by atoms with Gasteiger partial charge in [0.15, 0.2) is 17.4 Å². The van der Waals surface area contributed by atoms with Gasteiger partial charge in [-0.3, -0.25) is 4.79 Å². The highest BCUT2D eigenvalue weighted by atomic mass is 19.2. The number of hydrogen-bond donors (Lipinski definition) is 1. The van der Waals surface area contributed by atoms with E-state index in [1.807, 2.05) is 0 Å². The highest BCUT2D eigenvalue weighted by Gasteiger charge is 2.31. The van der Waals surface area contributed by atoms with E-state index in [1.165, 1.54) is 38.1 Å². The lowest BCUT2D eigenvalue weighted by molar-refractivity contribution is 0.0481. The summed E-state index contributed by atoms with van der Waals surface area (Å²) in [7, 11) is 0. The van der Waals surface area contributed by atoms with Gasteiger partial charge in [0.25, 0.3) is 0 Å². The molecule has 0 bridgehead atoms. The van der Waals surface area contributed by atoms with E-state index in [2.05, 4.69) is 4.98 Å². The number of ketones is 1. The molecule has 0 aliphatic carbocycles. The molecule has 0 fully saturated rings. The van der Waals surface area contributed by atoms with Crippen LogP contribution >= 0.6 is 0 Å². The van der Waals surface area contributed by atoms with Crippen LogP contribution in [0.3, 0.4) is 0 Å². The van der Waals surface area contributed by atoms with Crippen molar-refractivity contribution in [3.8, 4) is 11.5 Å². The zero-order chi connectivity index (χ0) is 19.1. The van der Waals surface area contributed by atoms with Gasteiger partial charge in [0, 0.05) is 5.39 Å². The summed E-state index contributed by atoms with van der Waals surface area (Å²) in [6.07, 6.45) is 1.13. The number of carbonyl (C=O) groups is 1. The van der Waals surface area contributed by atoms with Crippen LogP contribution in [0.25, 0.3) is 10.9 Å². The van der Waals surface area contributed by atoms with Gasteiger partial charge in [-0.25, -0.2) is 18.2 Å². The molecule has 0 unspecified atom stereocenters. The second-order valence-corrected chi connectivity index (χ2v) is 6.21. The van der Waals surface area contributed by atoms with Gasteiger partial charge in [0.2, 0.25) is 0 Å². The van der Waals surface area contributed by atoms with Crippen LogP contribution in [-0.2, 0) is 0 Å². The predicted molar refractivity (Wildman–Crippen MR) is 88.8 cm³/mol. The van der Waals surface area contributed by atoms with E-state index in [4.69, 9.17) is 4.74 Å². The quantitative estimate of drug-likeness (QED) is 0.700. The van der Waals surface area contributed by atoms with E-state index >= 15 is 0 Å². The molecule has 0 aliphatic heterocycles. The Labute approximate surface area is 146 Å². The second-order valence-electron chi connectivity index (χ2n) is 6.21. The summed E-state index contributed by atoms with van der Waals surface area (Å²) in [4.78, 5) is 16.1. The maximum atomic E-state index is 14.2. The number of benzene rings is 2. The maximum absolute atomic E-state index is 14.2. The van der Waals surface area contributed by atoms with Crippen LogP contribution in [0.2, 0.25) is 0 Å². The molecule has 134 valence electrons. The molecule has 3 rings (SSSR count). The summed E-state index contributed by atoms with van der Waals surface area (Å²) in [5.41, 5.74) is -2.39. The number of aromatic nitrogens is 1. The van der Waals surface area contributed by atoms with Gasteiger partial charge in [-0.1, -0.05) is 6.07 Å². The van der Waals surface area contributed by atoms with Crippen molar-refractivity contribution in [3.63, 3.8) is 0 Å². The monoisotopic (exact) mass is 361 g/mol. The Hall–Kier alpha value is -2.93. The first-order chi connectivity index (χ1) is 12.2. The third-order valence-electron chi connectivity index (χ3n) is 3.70. The molecule has 4 nitrogen and oxygen atoms in total. The van der Waals surface area contributed by atoms with E-state index in [1.54, 1.807) is 0 Å². The van der Waals surface area contributed by atoms with Crippen molar-refractivity contribution in [3.05, 3.63) is 65.6 Å². The van der Waals surface area contributed by atoms with Crippen LogP contribution in [0.1, 0.15) is 24.2 Å². The van der Waals surface area contributed by atoms with Crippen molar-refractivity contribution in [2.75, 3.05) is 0 Å². The first-order valence-electron chi connectivity index (χ1n) is 7.66. The Morgan fingerprint density at radius 1 is 1.12 bits per heavy atom. The molecule has 2 aromatic carbocycles. The number of hydrogen-bond acceptors (Lipinski definition) is 4. The number of fused-ring (bicyclic) bond motifs is 1. The summed E-state index contributed by atoms with van der Waals surface area (Å²) in [6.45, 7) is 2.47. The zero-order valence-electron chi connectivity index (χ0n) is 13.9. The second kappa shape index (κ2) is 6.42. The van der Waals surface area contributed by atoms with Crippen LogP contribution < -0.4 is 4.74 Å². The average molecular weight is 361 g/mol. The Morgan fingerprint density at radius 3 is 2.54 bits per heavy atom. The van der Waals surface area contributed by atoms with E-state index in [9.17, 15) is 23.1 Å². The largest absolute Gasteiger partial charge is 0.455 e. The van der Waals surface area contributed by atoms with Crippen molar-refractivity contribution in [2.24, 2.45) is 0 Å². The number of halogens is 3. The summed E-state index contributed by atoms with van der Waals surface area (Å²) in [6, 6.07) is 7.43. The van der Waals surface area contributed by atoms with Gasteiger partial charge >= 0.3 is 0 Å². The fraction of sp³-hybridized carbons (Fsp3) is 0.158. The van der Waals surface area contributed by atoms with Gasteiger partial charge in [-0.15, -0.1) is 0 Å². The minimum atomic E-state index is -1.80. The van der Waals surface area contributed by atoms with Gasteiger partial charge in [0.05, 0.1) is 11.8 Å².